The number of carboxylic acid groups (broad SMARTS) is 1. The van der Waals surface area contributed by atoms with Crippen LogP contribution in [0.5, 0.6) is 5.75 Å². The molecule has 0 amide bonds. The van der Waals surface area contributed by atoms with Crippen LogP contribution in [0.4, 0.5) is 0 Å². The van der Waals surface area contributed by atoms with Crippen LogP contribution in [-0.4, -0.2) is 11.1 Å². The Labute approximate surface area is 137 Å². The number of rotatable bonds is 7. The average Bonchev–Trinajstić information content (AvgIpc) is 2.52. The minimum Gasteiger partial charge on any atom is -0.489 e. The van der Waals surface area contributed by atoms with E-state index in [-0.39, 0.29) is 5.92 Å². The Bertz CT molecular complexity index is 656. The van der Waals surface area contributed by atoms with Crippen molar-refractivity contribution >= 4 is 5.97 Å². The average molecular weight is 312 g/mol. The highest BCUT2D eigenvalue weighted by atomic mass is 16.5. The predicted octanol–water partition coefficient (Wildman–Crippen LogP) is 4.54. The lowest BCUT2D eigenvalue weighted by atomic mass is 9.97. The van der Waals surface area contributed by atoms with Crippen LogP contribution in [0.25, 0.3) is 0 Å². The zero-order valence-electron chi connectivity index (χ0n) is 14.0. The first-order valence-corrected chi connectivity index (χ1v) is 8.01. The van der Waals surface area contributed by atoms with Crippen molar-refractivity contribution in [1.82, 2.24) is 0 Å². The summed E-state index contributed by atoms with van der Waals surface area (Å²) in [5, 5.41) is 9.19. The number of benzene rings is 2. The van der Waals surface area contributed by atoms with Gasteiger partial charge in [-0.05, 0) is 61.1 Å². The molecular weight excluding hydrogens is 288 g/mol. The molecule has 0 heterocycles. The maximum atomic E-state index is 11.2. The number of hydrogen-bond donors (Lipinski definition) is 1. The van der Waals surface area contributed by atoms with Gasteiger partial charge in [-0.15, -0.1) is 0 Å². The van der Waals surface area contributed by atoms with Crippen LogP contribution in [0, 0.1) is 19.8 Å². The summed E-state index contributed by atoms with van der Waals surface area (Å²) in [5.74, 6) is -0.302. The van der Waals surface area contributed by atoms with Gasteiger partial charge in [0.25, 0.3) is 0 Å². The summed E-state index contributed by atoms with van der Waals surface area (Å²) in [6.45, 7) is 6.60. The number of carbonyl (C=O) groups is 1. The highest BCUT2D eigenvalue weighted by Gasteiger charge is 2.15. The van der Waals surface area contributed by atoms with Crippen LogP contribution in [0.2, 0.25) is 0 Å². The second-order valence-electron chi connectivity index (χ2n) is 5.95. The van der Waals surface area contributed by atoms with E-state index in [4.69, 9.17) is 4.74 Å². The molecule has 2 aromatic rings. The fraction of sp³-hybridized carbons (Fsp3) is 0.350. The van der Waals surface area contributed by atoms with Crippen molar-refractivity contribution in [3.05, 3.63) is 64.7 Å². The van der Waals surface area contributed by atoms with Gasteiger partial charge in [0.05, 0.1) is 5.92 Å². The molecule has 0 aliphatic heterocycles. The molecule has 3 nitrogen and oxygen atoms in total. The highest BCUT2D eigenvalue weighted by molar-refractivity contribution is 5.70. The molecule has 0 aliphatic rings. The van der Waals surface area contributed by atoms with Gasteiger partial charge in [0, 0.05) is 0 Å². The number of ether oxygens (including phenoxy) is 1. The van der Waals surface area contributed by atoms with Crippen LogP contribution < -0.4 is 4.74 Å². The Kier molecular flexibility index (Phi) is 5.80. The Balaban J connectivity index is 2.07. The van der Waals surface area contributed by atoms with Gasteiger partial charge >= 0.3 is 5.97 Å². The first-order chi connectivity index (χ1) is 11.0. The molecule has 3 heteroatoms. The van der Waals surface area contributed by atoms with E-state index in [9.17, 15) is 9.90 Å². The number of aliphatic carboxylic acids is 1. The molecule has 2 aromatic carbocycles. The molecule has 0 aromatic heterocycles. The van der Waals surface area contributed by atoms with Gasteiger partial charge in [-0.1, -0.05) is 37.3 Å². The fourth-order valence-electron chi connectivity index (χ4n) is 2.69. The van der Waals surface area contributed by atoms with Crippen molar-refractivity contribution < 1.29 is 14.6 Å². The molecule has 1 atom stereocenters. The monoisotopic (exact) mass is 312 g/mol. The summed E-state index contributed by atoms with van der Waals surface area (Å²) in [6, 6.07) is 14.0. The van der Waals surface area contributed by atoms with Crippen LogP contribution >= 0.6 is 0 Å². The smallest absolute Gasteiger partial charge is 0.306 e. The number of hydrogen-bond acceptors (Lipinski definition) is 2. The largest absolute Gasteiger partial charge is 0.489 e. The van der Waals surface area contributed by atoms with Crippen LogP contribution in [0.3, 0.4) is 0 Å². The SMILES string of the molecule is CCC(Cc1cccc(OCc2c(C)cccc2C)c1)C(=O)O. The summed E-state index contributed by atoms with van der Waals surface area (Å²) in [4.78, 5) is 11.2. The van der Waals surface area contributed by atoms with E-state index in [1.165, 1.54) is 16.7 Å². The molecule has 122 valence electrons. The normalized spacial score (nSPS) is 12.0. The van der Waals surface area contributed by atoms with Crippen molar-refractivity contribution in [2.24, 2.45) is 5.92 Å². The summed E-state index contributed by atoms with van der Waals surface area (Å²) in [5.41, 5.74) is 4.64. The van der Waals surface area contributed by atoms with Gasteiger partial charge in [0.15, 0.2) is 0 Å². The predicted molar refractivity (Wildman–Crippen MR) is 91.8 cm³/mol. The number of carboxylic acids is 1. The zero-order valence-corrected chi connectivity index (χ0v) is 14.0. The topological polar surface area (TPSA) is 46.5 Å². The molecule has 0 saturated heterocycles. The Morgan fingerprint density at radius 1 is 1.13 bits per heavy atom. The fourth-order valence-corrected chi connectivity index (χ4v) is 2.69. The molecule has 0 bridgehead atoms. The highest BCUT2D eigenvalue weighted by Crippen LogP contribution is 2.21. The van der Waals surface area contributed by atoms with E-state index < -0.39 is 5.97 Å². The lowest BCUT2D eigenvalue weighted by Crippen LogP contribution is -2.15. The summed E-state index contributed by atoms with van der Waals surface area (Å²) >= 11 is 0. The van der Waals surface area contributed by atoms with Gasteiger partial charge in [-0.25, -0.2) is 0 Å². The molecular formula is C20H24O3. The number of aryl methyl sites for hydroxylation is 2. The molecule has 2 rings (SSSR count). The molecule has 23 heavy (non-hydrogen) atoms. The van der Waals surface area contributed by atoms with Crippen LogP contribution in [-0.2, 0) is 17.8 Å². The van der Waals surface area contributed by atoms with E-state index in [0.717, 1.165) is 11.3 Å². The van der Waals surface area contributed by atoms with E-state index in [0.29, 0.717) is 19.4 Å². The zero-order chi connectivity index (χ0) is 16.8. The maximum Gasteiger partial charge on any atom is 0.306 e. The van der Waals surface area contributed by atoms with Gasteiger partial charge in [0.2, 0.25) is 0 Å². The second kappa shape index (κ2) is 7.82. The van der Waals surface area contributed by atoms with Gasteiger partial charge < -0.3 is 9.84 Å². The minimum absolute atomic E-state index is 0.344. The summed E-state index contributed by atoms with van der Waals surface area (Å²) in [6.07, 6.45) is 1.16. The first kappa shape index (κ1) is 17.1. The third-order valence-electron chi connectivity index (χ3n) is 4.25. The standard InChI is InChI=1S/C20H24O3/c1-4-17(20(21)22)11-16-9-6-10-18(12-16)23-13-19-14(2)7-5-8-15(19)3/h5-10,12,17H,4,11,13H2,1-3H3,(H,21,22). The molecule has 0 radical (unpaired) electrons. The summed E-state index contributed by atoms with van der Waals surface area (Å²) in [7, 11) is 0. The van der Waals surface area contributed by atoms with Crippen molar-refractivity contribution in [2.45, 2.75) is 40.2 Å². The molecule has 1 N–H and O–H groups in total. The quantitative estimate of drug-likeness (QED) is 0.816. The molecule has 0 spiro atoms. The lowest BCUT2D eigenvalue weighted by molar-refractivity contribution is -0.141. The Hall–Kier alpha value is -2.29. The van der Waals surface area contributed by atoms with Crippen LogP contribution in [0.15, 0.2) is 42.5 Å². The second-order valence-corrected chi connectivity index (χ2v) is 5.95. The van der Waals surface area contributed by atoms with Crippen LogP contribution in [0.1, 0.15) is 35.6 Å². The molecule has 0 aliphatic carbocycles. The molecule has 0 saturated carbocycles. The van der Waals surface area contributed by atoms with E-state index in [1.807, 2.05) is 37.3 Å². The van der Waals surface area contributed by atoms with Crippen molar-refractivity contribution in [3.8, 4) is 5.75 Å². The third-order valence-corrected chi connectivity index (χ3v) is 4.25. The van der Waals surface area contributed by atoms with Crippen molar-refractivity contribution in [3.63, 3.8) is 0 Å². The lowest BCUT2D eigenvalue weighted by Gasteiger charge is -2.13. The van der Waals surface area contributed by atoms with Crippen molar-refractivity contribution in [1.29, 1.82) is 0 Å². The van der Waals surface area contributed by atoms with Crippen molar-refractivity contribution in [2.75, 3.05) is 0 Å². The Morgan fingerprint density at radius 3 is 2.39 bits per heavy atom. The molecule has 1 unspecified atom stereocenters. The van der Waals surface area contributed by atoms with Gasteiger partial charge in [0.1, 0.15) is 12.4 Å². The first-order valence-electron chi connectivity index (χ1n) is 8.01. The van der Waals surface area contributed by atoms with Gasteiger partial charge in [-0.2, -0.15) is 0 Å². The van der Waals surface area contributed by atoms with E-state index in [1.54, 1.807) is 0 Å². The Morgan fingerprint density at radius 2 is 1.78 bits per heavy atom. The minimum atomic E-state index is -0.741. The van der Waals surface area contributed by atoms with E-state index in [2.05, 4.69) is 26.0 Å². The summed E-state index contributed by atoms with van der Waals surface area (Å²) < 4.78 is 5.92. The van der Waals surface area contributed by atoms with Gasteiger partial charge in [-0.3, -0.25) is 4.79 Å². The van der Waals surface area contributed by atoms with E-state index >= 15 is 0 Å². The third kappa shape index (κ3) is 4.59. The molecule has 0 fully saturated rings. The maximum absolute atomic E-state index is 11.2.